The van der Waals surface area contributed by atoms with Crippen LogP contribution in [0.1, 0.15) is 28.7 Å². The van der Waals surface area contributed by atoms with Gasteiger partial charge in [0.2, 0.25) is 5.91 Å². The largest absolute Gasteiger partial charge is 0.497 e. The summed E-state index contributed by atoms with van der Waals surface area (Å²) >= 11 is 0. The fourth-order valence-corrected chi connectivity index (χ4v) is 4.24. The molecule has 0 aliphatic carbocycles. The van der Waals surface area contributed by atoms with Crippen molar-refractivity contribution in [3.63, 3.8) is 0 Å². The lowest BCUT2D eigenvalue weighted by Crippen LogP contribution is -2.67. The summed E-state index contributed by atoms with van der Waals surface area (Å²) in [6.45, 7) is 5.92. The van der Waals surface area contributed by atoms with Crippen LogP contribution in [-0.2, 0) is 15.1 Å². The van der Waals surface area contributed by atoms with E-state index in [0.717, 1.165) is 33.6 Å². The van der Waals surface area contributed by atoms with E-state index in [1.165, 1.54) is 0 Å². The Kier molecular flexibility index (Phi) is 5.27. The molecule has 0 saturated carbocycles. The van der Waals surface area contributed by atoms with E-state index in [1.807, 2.05) is 87.5 Å². The summed E-state index contributed by atoms with van der Waals surface area (Å²) in [5.74, 6) is 0.385. The maximum atomic E-state index is 13.8. The molecule has 0 aromatic heterocycles. The van der Waals surface area contributed by atoms with Crippen LogP contribution in [0.5, 0.6) is 5.75 Å². The van der Waals surface area contributed by atoms with Crippen LogP contribution in [0.3, 0.4) is 0 Å². The average molecular weight is 415 g/mol. The van der Waals surface area contributed by atoms with Gasteiger partial charge < -0.3 is 10.1 Å². The Hall–Kier alpha value is -3.60. The molecule has 1 atom stereocenters. The maximum Gasteiger partial charge on any atom is 0.255 e. The van der Waals surface area contributed by atoms with Crippen molar-refractivity contribution in [3.8, 4) is 5.75 Å². The van der Waals surface area contributed by atoms with Gasteiger partial charge >= 0.3 is 0 Å². The van der Waals surface area contributed by atoms with Gasteiger partial charge in [-0.3, -0.25) is 14.5 Å². The lowest BCUT2D eigenvalue weighted by molar-refractivity contribution is -0.137. The van der Waals surface area contributed by atoms with Gasteiger partial charge in [0.05, 0.1) is 13.5 Å². The number of amides is 2. The lowest BCUT2D eigenvalue weighted by Gasteiger charge is -2.51. The van der Waals surface area contributed by atoms with Crippen molar-refractivity contribution in [2.45, 2.75) is 32.7 Å². The van der Waals surface area contributed by atoms with E-state index < -0.39 is 5.54 Å². The molecule has 0 bridgehead atoms. The molecule has 5 nitrogen and oxygen atoms in total. The highest BCUT2D eigenvalue weighted by Crippen LogP contribution is 2.47. The van der Waals surface area contributed by atoms with Crippen LogP contribution < -0.4 is 15.0 Å². The molecule has 0 spiro atoms. The van der Waals surface area contributed by atoms with Crippen LogP contribution in [0, 0.1) is 20.8 Å². The van der Waals surface area contributed by atoms with Gasteiger partial charge in [0.1, 0.15) is 5.75 Å². The molecule has 1 saturated heterocycles. The van der Waals surface area contributed by atoms with Gasteiger partial charge in [0.15, 0.2) is 5.54 Å². The van der Waals surface area contributed by atoms with Crippen LogP contribution in [0.4, 0.5) is 11.4 Å². The number of anilines is 2. The van der Waals surface area contributed by atoms with Gasteiger partial charge in [-0.05, 0) is 61.7 Å². The minimum Gasteiger partial charge on any atom is -0.497 e. The first kappa shape index (κ1) is 20.7. The molecule has 31 heavy (non-hydrogen) atoms. The summed E-state index contributed by atoms with van der Waals surface area (Å²) < 4.78 is 5.29. The zero-order valence-corrected chi connectivity index (χ0v) is 18.2. The predicted molar refractivity (Wildman–Crippen MR) is 122 cm³/mol. The minimum atomic E-state index is -1.13. The predicted octanol–water partition coefficient (Wildman–Crippen LogP) is 4.89. The van der Waals surface area contributed by atoms with E-state index in [0.29, 0.717) is 5.75 Å². The number of nitrogens with one attached hydrogen (secondary N) is 1. The Bertz CT molecular complexity index is 1150. The van der Waals surface area contributed by atoms with Gasteiger partial charge in [-0.15, -0.1) is 0 Å². The van der Waals surface area contributed by atoms with E-state index in [2.05, 4.69) is 5.32 Å². The first-order chi connectivity index (χ1) is 14.9. The Morgan fingerprint density at radius 1 is 0.968 bits per heavy atom. The average Bonchev–Trinajstić information content (AvgIpc) is 2.75. The third kappa shape index (κ3) is 3.46. The van der Waals surface area contributed by atoms with Gasteiger partial charge in [-0.2, -0.15) is 0 Å². The van der Waals surface area contributed by atoms with Crippen LogP contribution >= 0.6 is 0 Å². The number of ether oxygens (including phenoxy) is 1. The second-order valence-corrected chi connectivity index (χ2v) is 8.05. The van der Waals surface area contributed by atoms with E-state index in [-0.39, 0.29) is 18.2 Å². The molecule has 4 rings (SSSR count). The normalized spacial score (nSPS) is 17.8. The van der Waals surface area contributed by atoms with Gasteiger partial charge in [-0.1, -0.05) is 48.0 Å². The molecule has 1 fully saturated rings. The van der Waals surface area contributed by atoms with Crippen LogP contribution in [0.2, 0.25) is 0 Å². The molecule has 2 amide bonds. The fraction of sp³-hybridized carbons (Fsp3) is 0.231. The van der Waals surface area contributed by atoms with Crippen LogP contribution in [0.25, 0.3) is 0 Å². The number of carbonyl (C=O) groups excluding carboxylic acids is 2. The Balaban J connectivity index is 1.83. The van der Waals surface area contributed by atoms with E-state index >= 15 is 0 Å². The summed E-state index contributed by atoms with van der Waals surface area (Å²) in [6.07, 6.45) is 0.102. The molecule has 0 radical (unpaired) electrons. The first-order valence-corrected chi connectivity index (χ1v) is 10.3. The SMILES string of the molecule is COc1ccc([C@]2(C(=O)Nc3ccccc3C)CC(=O)N2c2ccc(C)cc2C)cc1. The number of benzene rings is 3. The van der Waals surface area contributed by atoms with Crippen molar-refractivity contribution in [3.05, 3.63) is 89.0 Å². The number of hydrogen-bond acceptors (Lipinski definition) is 3. The molecule has 3 aromatic carbocycles. The smallest absolute Gasteiger partial charge is 0.255 e. The monoisotopic (exact) mass is 414 g/mol. The van der Waals surface area contributed by atoms with Gasteiger partial charge in [-0.25, -0.2) is 0 Å². The third-order valence-electron chi connectivity index (χ3n) is 5.97. The minimum absolute atomic E-state index is 0.0808. The quantitative estimate of drug-likeness (QED) is 0.605. The summed E-state index contributed by atoms with van der Waals surface area (Å²) in [6, 6.07) is 20.9. The summed E-state index contributed by atoms with van der Waals surface area (Å²) in [7, 11) is 1.60. The highest BCUT2D eigenvalue weighted by atomic mass is 16.5. The number of para-hydroxylation sites is 1. The number of rotatable bonds is 5. The topological polar surface area (TPSA) is 58.6 Å². The molecule has 0 unspecified atom stereocenters. The number of β-lactam (4-membered cyclic amide) rings is 1. The number of methoxy groups -OCH3 is 1. The van der Waals surface area contributed by atoms with E-state index in [9.17, 15) is 9.59 Å². The molecule has 1 aliphatic heterocycles. The molecule has 3 aromatic rings. The molecular formula is C26H26N2O3. The van der Waals surface area contributed by atoms with Crippen molar-refractivity contribution in [2.75, 3.05) is 17.3 Å². The zero-order chi connectivity index (χ0) is 22.2. The van der Waals surface area contributed by atoms with Crippen LogP contribution in [0.15, 0.2) is 66.7 Å². The molecule has 158 valence electrons. The highest BCUT2D eigenvalue weighted by Gasteiger charge is 2.58. The van der Waals surface area contributed by atoms with Crippen molar-refractivity contribution in [1.29, 1.82) is 0 Å². The standard InChI is InChI=1S/C26H26N2O3/c1-17-9-14-23(19(3)15-17)28-24(29)16-26(28,20-10-12-21(31-4)13-11-20)25(30)27-22-8-6-5-7-18(22)2/h5-15H,16H2,1-4H3,(H,27,30)/t26-/m0/s1. The van der Waals surface area contributed by atoms with E-state index in [1.54, 1.807) is 12.0 Å². The lowest BCUT2D eigenvalue weighted by atomic mass is 9.75. The number of aryl methyl sites for hydroxylation is 3. The van der Waals surface area contributed by atoms with Crippen LogP contribution in [-0.4, -0.2) is 18.9 Å². The van der Waals surface area contributed by atoms with Gasteiger partial charge in [0, 0.05) is 11.4 Å². The summed E-state index contributed by atoms with van der Waals surface area (Å²) in [5, 5.41) is 3.07. The number of hydrogen-bond donors (Lipinski definition) is 1. The Morgan fingerprint density at radius 3 is 2.29 bits per heavy atom. The maximum absolute atomic E-state index is 13.8. The third-order valence-corrected chi connectivity index (χ3v) is 5.97. The second-order valence-electron chi connectivity index (χ2n) is 8.05. The highest BCUT2D eigenvalue weighted by molar-refractivity contribution is 6.17. The second kappa shape index (κ2) is 7.91. The van der Waals surface area contributed by atoms with Crippen molar-refractivity contribution in [1.82, 2.24) is 0 Å². The van der Waals surface area contributed by atoms with Crippen molar-refractivity contribution in [2.24, 2.45) is 0 Å². The molecule has 5 heteroatoms. The molecular weight excluding hydrogens is 388 g/mol. The van der Waals surface area contributed by atoms with Gasteiger partial charge in [0.25, 0.3) is 5.91 Å². The summed E-state index contributed by atoms with van der Waals surface area (Å²) in [4.78, 5) is 28.4. The molecule has 1 aliphatic rings. The number of carbonyl (C=O) groups is 2. The van der Waals surface area contributed by atoms with Crippen molar-refractivity contribution < 1.29 is 14.3 Å². The Labute approximate surface area is 182 Å². The number of nitrogens with zero attached hydrogens (tertiary/aromatic N) is 1. The fourth-order valence-electron chi connectivity index (χ4n) is 4.24. The van der Waals surface area contributed by atoms with E-state index in [4.69, 9.17) is 4.74 Å². The molecule has 1 heterocycles. The first-order valence-electron chi connectivity index (χ1n) is 10.3. The zero-order valence-electron chi connectivity index (χ0n) is 18.2. The molecule has 1 N–H and O–H groups in total. The van der Waals surface area contributed by atoms with Crippen molar-refractivity contribution >= 4 is 23.2 Å². The summed E-state index contributed by atoms with van der Waals surface area (Å²) in [5.41, 5.74) is 4.12. The Morgan fingerprint density at radius 2 is 1.68 bits per heavy atom.